The van der Waals surface area contributed by atoms with E-state index in [2.05, 4.69) is 15.9 Å². The zero-order valence-corrected chi connectivity index (χ0v) is 21.6. The van der Waals surface area contributed by atoms with Crippen LogP contribution in [0.2, 0.25) is 0 Å². The van der Waals surface area contributed by atoms with E-state index in [1.54, 1.807) is 42.5 Å². The van der Waals surface area contributed by atoms with E-state index in [4.69, 9.17) is 9.47 Å². The number of halogens is 2. The maximum Gasteiger partial charge on any atom is 0.293 e. The molecule has 1 aliphatic heterocycles. The van der Waals surface area contributed by atoms with Gasteiger partial charge < -0.3 is 9.47 Å². The highest BCUT2D eigenvalue weighted by Crippen LogP contribution is 2.35. The molecule has 3 aromatic carbocycles. The van der Waals surface area contributed by atoms with Crippen LogP contribution in [0.1, 0.15) is 22.3 Å². The summed E-state index contributed by atoms with van der Waals surface area (Å²) in [5, 5.41) is -0.352. The number of aryl methyl sites for hydroxylation is 2. The van der Waals surface area contributed by atoms with Crippen LogP contribution >= 0.6 is 27.7 Å². The number of amides is 2. The van der Waals surface area contributed by atoms with Gasteiger partial charge in [0, 0.05) is 15.6 Å². The van der Waals surface area contributed by atoms with Crippen molar-refractivity contribution in [3.05, 3.63) is 98.1 Å². The van der Waals surface area contributed by atoms with E-state index in [0.717, 1.165) is 33.1 Å². The Hall–Kier alpha value is -3.10. The van der Waals surface area contributed by atoms with Gasteiger partial charge in [-0.15, -0.1) is 0 Å². The zero-order valence-electron chi connectivity index (χ0n) is 19.2. The number of nitrogens with zero attached hydrogens (tertiary/aromatic N) is 1. The lowest BCUT2D eigenvalue weighted by Crippen LogP contribution is -2.32. The first-order chi connectivity index (χ1) is 16.8. The van der Waals surface area contributed by atoms with E-state index in [1.807, 2.05) is 32.0 Å². The van der Waals surface area contributed by atoms with Gasteiger partial charge in [-0.05, 0) is 73.1 Å². The second-order valence-electron chi connectivity index (χ2n) is 8.01. The minimum absolute atomic E-state index is 0.0341. The molecule has 0 N–H and O–H groups in total. The summed E-state index contributed by atoms with van der Waals surface area (Å²) >= 11 is 4.30. The molecule has 0 spiro atoms. The second-order valence-corrected chi connectivity index (χ2v) is 9.92. The molecule has 3 aromatic rings. The molecule has 1 saturated heterocycles. The van der Waals surface area contributed by atoms with Gasteiger partial charge in [-0.1, -0.05) is 46.3 Å². The van der Waals surface area contributed by atoms with Crippen LogP contribution < -0.4 is 9.47 Å². The summed E-state index contributed by atoms with van der Waals surface area (Å²) in [6, 6.07) is 17.6. The molecule has 1 fully saturated rings. The van der Waals surface area contributed by atoms with E-state index < -0.39 is 0 Å². The maximum absolute atomic E-state index is 14.0. The fourth-order valence-corrected chi connectivity index (χ4v) is 4.71. The highest BCUT2D eigenvalue weighted by molar-refractivity contribution is 9.10. The molecule has 1 aliphatic rings. The molecule has 1 heterocycles. The van der Waals surface area contributed by atoms with Gasteiger partial charge in [-0.2, -0.15) is 0 Å². The fourth-order valence-electron chi connectivity index (χ4n) is 3.48. The average Bonchev–Trinajstić information content (AvgIpc) is 3.09. The quantitative estimate of drug-likeness (QED) is 0.283. The molecule has 0 radical (unpaired) electrons. The summed E-state index contributed by atoms with van der Waals surface area (Å²) in [5.74, 6) is 0.472. The van der Waals surface area contributed by atoms with Crippen molar-refractivity contribution in [1.29, 1.82) is 0 Å². The highest BCUT2D eigenvalue weighted by atomic mass is 79.9. The van der Waals surface area contributed by atoms with Crippen LogP contribution in [0, 0.1) is 19.7 Å². The zero-order chi connectivity index (χ0) is 24.9. The van der Waals surface area contributed by atoms with Crippen molar-refractivity contribution >= 4 is 44.9 Å². The molecule has 35 heavy (non-hydrogen) atoms. The van der Waals surface area contributed by atoms with Crippen LogP contribution in [0.25, 0.3) is 6.08 Å². The van der Waals surface area contributed by atoms with Crippen LogP contribution in [-0.4, -0.2) is 29.2 Å². The smallest absolute Gasteiger partial charge is 0.293 e. The monoisotopic (exact) mass is 555 g/mol. The number of ether oxygens (including phenoxy) is 2. The Morgan fingerprint density at radius 1 is 1.00 bits per heavy atom. The minimum atomic E-state index is -0.385. The van der Waals surface area contributed by atoms with E-state index in [9.17, 15) is 14.0 Å². The molecule has 8 heteroatoms. The molecule has 0 bridgehead atoms. The molecule has 4 rings (SSSR count). The summed E-state index contributed by atoms with van der Waals surface area (Å²) in [7, 11) is 0. The minimum Gasteiger partial charge on any atom is -0.491 e. The second kappa shape index (κ2) is 11.1. The van der Waals surface area contributed by atoms with E-state index in [0.29, 0.717) is 16.9 Å². The van der Waals surface area contributed by atoms with Crippen molar-refractivity contribution in [2.24, 2.45) is 0 Å². The Balaban J connectivity index is 1.46. The Morgan fingerprint density at radius 2 is 1.80 bits per heavy atom. The topological polar surface area (TPSA) is 55.8 Å². The molecule has 0 unspecified atom stereocenters. The average molecular weight is 556 g/mol. The van der Waals surface area contributed by atoms with Crippen LogP contribution in [0.4, 0.5) is 9.18 Å². The van der Waals surface area contributed by atoms with Crippen molar-refractivity contribution in [2.45, 2.75) is 20.5 Å². The number of hydrogen-bond donors (Lipinski definition) is 0. The van der Waals surface area contributed by atoms with Gasteiger partial charge >= 0.3 is 0 Å². The first kappa shape index (κ1) is 25.0. The Labute approximate surface area is 216 Å². The van der Waals surface area contributed by atoms with Crippen molar-refractivity contribution in [3.8, 4) is 11.5 Å². The van der Waals surface area contributed by atoms with Gasteiger partial charge in [-0.25, -0.2) is 4.39 Å². The predicted octanol–water partition coefficient (Wildman–Crippen LogP) is 6.90. The summed E-state index contributed by atoms with van der Waals surface area (Å²) < 4.78 is 26.4. The Kier molecular flexibility index (Phi) is 7.93. The molecule has 0 atom stereocenters. The first-order valence-electron chi connectivity index (χ1n) is 10.9. The molecule has 5 nitrogen and oxygen atoms in total. The standard InChI is InChI=1S/C27H23BrFNO4S/c1-17-7-8-18(2)24(13-17)33-12-11-30-26(31)25(35-27(30)32)15-20-14-21(28)9-10-23(20)34-16-19-5-3-4-6-22(19)29/h3-10,13-15H,11-12,16H2,1-2H3/b25-15-. The molecular formula is C27H23BrFNO4S. The van der Waals surface area contributed by atoms with Gasteiger partial charge in [0.2, 0.25) is 0 Å². The van der Waals surface area contributed by atoms with Crippen LogP contribution in [0.3, 0.4) is 0 Å². The number of benzene rings is 3. The predicted molar refractivity (Wildman–Crippen MR) is 139 cm³/mol. The van der Waals surface area contributed by atoms with Gasteiger partial charge in [0.15, 0.2) is 0 Å². The number of rotatable bonds is 8. The summed E-state index contributed by atoms with van der Waals surface area (Å²) in [6.45, 7) is 4.30. The van der Waals surface area contributed by atoms with E-state index in [1.165, 1.54) is 11.0 Å². The number of imide groups is 1. The van der Waals surface area contributed by atoms with Crippen molar-refractivity contribution < 1.29 is 23.5 Å². The number of thioether (sulfide) groups is 1. The van der Waals surface area contributed by atoms with Crippen LogP contribution in [0.15, 0.2) is 70.0 Å². The van der Waals surface area contributed by atoms with Crippen LogP contribution in [-0.2, 0) is 11.4 Å². The largest absolute Gasteiger partial charge is 0.491 e. The number of hydrogen-bond acceptors (Lipinski definition) is 5. The lowest BCUT2D eigenvalue weighted by Gasteiger charge is -2.15. The third-order valence-corrected chi connectivity index (χ3v) is 6.79. The number of carbonyl (C=O) groups excluding carboxylic acids is 2. The van der Waals surface area contributed by atoms with Crippen molar-refractivity contribution in [1.82, 2.24) is 4.90 Å². The molecular weight excluding hydrogens is 533 g/mol. The molecule has 180 valence electrons. The van der Waals surface area contributed by atoms with E-state index in [-0.39, 0.29) is 41.6 Å². The summed E-state index contributed by atoms with van der Waals surface area (Å²) in [6.07, 6.45) is 1.62. The van der Waals surface area contributed by atoms with Gasteiger partial charge in [0.1, 0.15) is 30.5 Å². The first-order valence-corrected chi connectivity index (χ1v) is 12.5. The molecule has 0 aliphatic carbocycles. The number of carbonyl (C=O) groups is 2. The van der Waals surface area contributed by atoms with Crippen LogP contribution in [0.5, 0.6) is 11.5 Å². The third-order valence-electron chi connectivity index (χ3n) is 5.39. The van der Waals surface area contributed by atoms with Gasteiger partial charge in [-0.3, -0.25) is 14.5 Å². The lowest BCUT2D eigenvalue weighted by atomic mass is 10.1. The lowest BCUT2D eigenvalue weighted by molar-refractivity contribution is -0.123. The molecule has 2 amide bonds. The van der Waals surface area contributed by atoms with Gasteiger partial charge in [0.05, 0.1) is 11.4 Å². The highest BCUT2D eigenvalue weighted by Gasteiger charge is 2.35. The van der Waals surface area contributed by atoms with E-state index >= 15 is 0 Å². The Bertz CT molecular complexity index is 1310. The molecule has 0 saturated carbocycles. The maximum atomic E-state index is 14.0. The molecule has 0 aromatic heterocycles. The fraction of sp³-hybridized carbons (Fsp3) is 0.185. The Morgan fingerprint density at radius 3 is 2.60 bits per heavy atom. The summed E-state index contributed by atoms with van der Waals surface area (Å²) in [4.78, 5) is 27.0. The normalized spacial score (nSPS) is 14.6. The van der Waals surface area contributed by atoms with Crippen molar-refractivity contribution in [3.63, 3.8) is 0 Å². The van der Waals surface area contributed by atoms with Gasteiger partial charge in [0.25, 0.3) is 11.1 Å². The third kappa shape index (κ3) is 6.13. The van der Waals surface area contributed by atoms with Crippen molar-refractivity contribution in [2.75, 3.05) is 13.2 Å². The SMILES string of the molecule is Cc1ccc(C)c(OCCN2C(=O)S/C(=C\c3cc(Br)ccc3OCc3ccccc3F)C2=O)c1. The summed E-state index contributed by atoms with van der Waals surface area (Å²) in [5.41, 5.74) is 3.09.